The first kappa shape index (κ1) is 12.5. The van der Waals surface area contributed by atoms with E-state index in [0.29, 0.717) is 0 Å². The van der Waals surface area contributed by atoms with E-state index >= 15 is 0 Å². The van der Waals surface area contributed by atoms with Gasteiger partial charge in [0.15, 0.2) is 0 Å². The molecule has 1 saturated heterocycles. The summed E-state index contributed by atoms with van der Waals surface area (Å²) in [7, 11) is 0. The van der Waals surface area contributed by atoms with Crippen molar-refractivity contribution in [3.63, 3.8) is 0 Å². The van der Waals surface area contributed by atoms with Gasteiger partial charge in [-0.15, -0.1) is 0 Å². The molecule has 1 N–H and O–H groups in total. The second kappa shape index (κ2) is 7.65. The van der Waals surface area contributed by atoms with Gasteiger partial charge in [0.1, 0.15) is 0 Å². The van der Waals surface area contributed by atoms with Crippen LogP contribution in [0, 0.1) is 0 Å². The Morgan fingerprint density at radius 1 is 1.20 bits per heavy atom. The summed E-state index contributed by atoms with van der Waals surface area (Å²) in [6.45, 7) is 9.34. The van der Waals surface area contributed by atoms with Crippen LogP contribution in [0.3, 0.4) is 0 Å². The van der Waals surface area contributed by atoms with Crippen LogP contribution in [0.25, 0.3) is 0 Å². The maximum atomic E-state index is 10.5. The predicted octanol–water partition coefficient (Wildman–Crippen LogP) is 0.150. The Balaban J connectivity index is 1.96. The van der Waals surface area contributed by atoms with E-state index < -0.39 is 0 Å². The van der Waals surface area contributed by atoms with E-state index in [1.165, 1.54) is 12.8 Å². The highest BCUT2D eigenvalue weighted by Gasteiger charge is 2.13. The summed E-state index contributed by atoms with van der Waals surface area (Å²) in [5.74, 6) is 0. The van der Waals surface area contributed by atoms with Gasteiger partial charge in [0.25, 0.3) is 0 Å². The van der Waals surface area contributed by atoms with Crippen molar-refractivity contribution >= 4 is 6.41 Å². The molecule has 4 heteroatoms. The molecule has 0 unspecified atom stereocenters. The molecule has 0 atom stereocenters. The normalized spacial score (nSPS) is 18.1. The molecule has 1 aliphatic rings. The van der Waals surface area contributed by atoms with E-state index in [1.54, 1.807) is 0 Å². The molecule has 0 aliphatic carbocycles. The fraction of sp³-hybridized carbons (Fsp3) is 0.909. The molecule has 0 aromatic carbocycles. The van der Waals surface area contributed by atoms with Crippen LogP contribution in [0.5, 0.6) is 0 Å². The van der Waals surface area contributed by atoms with Gasteiger partial charge in [0.2, 0.25) is 6.41 Å². The SMILES string of the molecule is CCCCNCCN1CCN(C=O)CC1. The van der Waals surface area contributed by atoms with Crippen molar-refractivity contribution in [2.75, 3.05) is 45.8 Å². The molecule has 0 radical (unpaired) electrons. The first-order chi connectivity index (χ1) is 7.36. The number of unbranched alkanes of at least 4 members (excludes halogenated alkanes) is 1. The van der Waals surface area contributed by atoms with Gasteiger partial charge in [0, 0.05) is 39.3 Å². The van der Waals surface area contributed by atoms with E-state index in [1.807, 2.05) is 4.90 Å². The van der Waals surface area contributed by atoms with Gasteiger partial charge >= 0.3 is 0 Å². The van der Waals surface area contributed by atoms with Crippen molar-refractivity contribution in [2.45, 2.75) is 19.8 Å². The Morgan fingerprint density at radius 3 is 2.53 bits per heavy atom. The van der Waals surface area contributed by atoms with Crippen LogP contribution in [0.4, 0.5) is 0 Å². The fourth-order valence-electron chi connectivity index (χ4n) is 1.76. The molecule has 4 nitrogen and oxygen atoms in total. The van der Waals surface area contributed by atoms with Crippen molar-refractivity contribution < 1.29 is 4.79 Å². The largest absolute Gasteiger partial charge is 0.343 e. The zero-order valence-electron chi connectivity index (χ0n) is 9.74. The average Bonchev–Trinajstić information content (AvgIpc) is 2.30. The van der Waals surface area contributed by atoms with Crippen LogP contribution >= 0.6 is 0 Å². The molecule has 0 saturated carbocycles. The van der Waals surface area contributed by atoms with E-state index in [2.05, 4.69) is 17.1 Å². The highest BCUT2D eigenvalue weighted by atomic mass is 16.1. The summed E-state index contributed by atoms with van der Waals surface area (Å²) in [5.41, 5.74) is 0. The van der Waals surface area contributed by atoms with E-state index in [4.69, 9.17) is 0 Å². The van der Waals surface area contributed by atoms with Gasteiger partial charge in [-0.05, 0) is 13.0 Å². The molecule has 88 valence electrons. The maximum absolute atomic E-state index is 10.5. The third kappa shape index (κ3) is 5.14. The number of nitrogens with zero attached hydrogens (tertiary/aromatic N) is 2. The van der Waals surface area contributed by atoms with Crippen molar-refractivity contribution in [3.05, 3.63) is 0 Å². The number of rotatable bonds is 7. The number of carbonyl (C=O) groups is 1. The molecule has 0 aromatic heterocycles. The minimum absolute atomic E-state index is 0.887. The van der Waals surface area contributed by atoms with Crippen LogP contribution in [-0.2, 0) is 4.79 Å². The van der Waals surface area contributed by atoms with E-state index in [-0.39, 0.29) is 0 Å². The van der Waals surface area contributed by atoms with Gasteiger partial charge in [-0.3, -0.25) is 9.69 Å². The number of hydrogen-bond acceptors (Lipinski definition) is 3. The molecular weight excluding hydrogens is 190 g/mol. The predicted molar refractivity (Wildman–Crippen MR) is 61.9 cm³/mol. The second-order valence-electron chi connectivity index (χ2n) is 4.09. The summed E-state index contributed by atoms with van der Waals surface area (Å²) in [6, 6.07) is 0. The number of piperazine rings is 1. The number of carbonyl (C=O) groups excluding carboxylic acids is 1. The van der Waals surface area contributed by atoms with Gasteiger partial charge in [-0.1, -0.05) is 13.3 Å². The summed E-state index contributed by atoms with van der Waals surface area (Å²) >= 11 is 0. The minimum Gasteiger partial charge on any atom is -0.343 e. The number of amides is 1. The van der Waals surface area contributed by atoms with Crippen molar-refractivity contribution in [1.82, 2.24) is 15.1 Å². The third-order valence-corrected chi connectivity index (χ3v) is 2.87. The molecule has 1 fully saturated rings. The number of nitrogens with one attached hydrogen (secondary N) is 1. The topological polar surface area (TPSA) is 35.6 Å². The lowest BCUT2D eigenvalue weighted by Crippen LogP contribution is -2.47. The monoisotopic (exact) mass is 213 g/mol. The van der Waals surface area contributed by atoms with Crippen LogP contribution in [-0.4, -0.2) is 62.0 Å². The highest BCUT2D eigenvalue weighted by Crippen LogP contribution is 1.97. The quantitative estimate of drug-likeness (QED) is 0.483. The first-order valence-electron chi connectivity index (χ1n) is 5.99. The standard InChI is InChI=1S/C11H23N3O/c1-2-3-4-12-5-6-13-7-9-14(11-15)10-8-13/h11-12H,2-10H2,1H3. The van der Waals surface area contributed by atoms with Gasteiger partial charge in [0.05, 0.1) is 0 Å². The Kier molecular flexibility index (Phi) is 6.36. The molecule has 0 aromatic rings. The van der Waals surface area contributed by atoms with Crippen LogP contribution < -0.4 is 5.32 Å². The lowest BCUT2D eigenvalue weighted by atomic mass is 10.3. The molecule has 1 rings (SSSR count). The second-order valence-corrected chi connectivity index (χ2v) is 4.09. The lowest BCUT2D eigenvalue weighted by Gasteiger charge is -2.32. The van der Waals surface area contributed by atoms with Gasteiger partial charge < -0.3 is 10.2 Å². The molecule has 15 heavy (non-hydrogen) atoms. The van der Waals surface area contributed by atoms with E-state index in [9.17, 15) is 4.79 Å². The Hall–Kier alpha value is -0.610. The highest BCUT2D eigenvalue weighted by molar-refractivity contribution is 5.47. The van der Waals surface area contributed by atoms with Crippen LogP contribution in [0.2, 0.25) is 0 Å². The molecule has 0 bridgehead atoms. The smallest absolute Gasteiger partial charge is 0.209 e. The molecule has 0 spiro atoms. The van der Waals surface area contributed by atoms with E-state index in [0.717, 1.165) is 52.2 Å². The minimum atomic E-state index is 0.887. The third-order valence-electron chi connectivity index (χ3n) is 2.87. The molecule has 1 amide bonds. The summed E-state index contributed by atoms with van der Waals surface area (Å²) in [6.07, 6.45) is 3.47. The summed E-state index contributed by atoms with van der Waals surface area (Å²) in [5, 5.41) is 3.43. The van der Waals surface area contributed by atoms with Crippen LogP contribution in [0.15, 0.2) is 0 Å². The zero-order chi connectivity index (χ0) is 10.9. The summed E-state index contributed by atoms with van der Waals surface area (Å²) < 4.78 is 0. The zero-order valence-corrected chi connectivity index (χ0v) is 9.74. The fourth-order valence-corrected chi connectivity index (χ4v) is 1.76. The Labute approximate surface area is 92.6 Å². The van der Waals surface area contributed by atoms with Gasteiger partial charge in [-0.2, -0.15) is 0 Å². The van der Waals surface area contributed by atoms with Crippen molar-refractivity contribution in [1.29, 1.82) is 0 Å². The Morgan fingerprint density at radius 2 is 1.93 bits per heavy atom. The summed E-state index contributed by atoms with van der Waals surface area (Å²) in [4.78, 5) is 14.8. The Bertz CT molecular complexity index is 167. The molecule has 1 aliphatic heterocycles. The van der Waals surface area contributed by atoms with Crippen LogP contribution in [0.1, 0.15) is 19.8 Å². The van der Waals surface area contributed by atoms with Crippen molar-refractivity contribution in [3.8, 4) is 0 Å². The van der Waals surface area contributed by atoms with Crippen molar-refractivity contribution in [2.24, 2.45) is 0 Å². The lowest BCUT2D eigenvalue weighted by molar-refractivity contribution is -0.119. The first-order valence-corrected chi connectivity index (χ1v) is 5.99. The number of hydrogen-bond donors (Lipinski definition) is 1. The molecule has 1 heterocycles. The van der Waals surface area contributed by atoms with Gasteiger partial charge in [-0.25, -0.2) is 0 Å². The average molecular weight is 213 g/mol. The maximum Gasteiger partial charge on any atom is 0.209 e. The molecular formula is C11H23N3O.